The Kier molecular flexibility index (Phi) is 3.78. The van der Waals surface area contributed by atoms with E-state index in [9.17, 15) is 0 Å². The normalized spacial score (nSPS) is 27.2. The van der Waals surface area contributed by atoms with Gasteiger partial charge in [-0.3, -0.25) is 0 Å². The molecule has 0 spiro atoms. The van der Waals surface area contributed by atoms with Crippen LogP contribution in [-0.2, 0) is 4.74 Å². The number of anilines is 1. The van der Waals surface area contributed by atoms with Crippen molar-refractivity contribution in [3.05, 3.63) is 24.3 Å². The summed E-state index contributed by atoms with van der Waals surface area (Å²) in [5, 5.41) is 0. The van der Waals surface area contributed by atoms with E-state index in [1.54, 1.807) is 7.11 Å². The van der Waals surface area contributed by atoms with Gasteiger partial charge in [0.2, 0.25) is 0 Å². The maximum atomic E-state index is 6.12. The van der Waals surface area contributed by atoms with Gasteiger partial charge in [-0.05, 0) is 12.1 Å². The molecule has 1 aliphatic rings. The van der Waals surface area contributed by atoms with E-state index < -0.39 is 0 Å². The minimum absolute atomic E-state index is 0.0117. The molecule has 1 fully saturated rings. The Labute approximate surface area is 109 Å². The monoisotopic (exact) mass is 250 g/mol. The van der Waals surface area contributed by atoms with Gasteiger partial charge in [0.15, 0.2) is 0 Å². The Morgan fingerprint density at radius 1 is 1.56 bits per heavy atom. The number of hydrogen-bond acceptors (Lipinski definition) is 4. The van der Waals surface area contributed by atoms with E-state index >= 15 is 0 Å². The molecule has 2 atom stereocenters. The van der Waals surface area contributed by atoms with E-state index in [-0.39, 0.29) is 11.5 Å². The highest BCUT2D eigenvalue weighted by atomic mass is 16.5. The summed E-state index contributed by atoms with van der Waals surface area (Å²) in [7, 11) is 3.76. The smallest absolute Gasteiger partial charge is 0.120 e. The minimum Gasteiger partial charge on any atom is -0.497 e. The molecule has 0 bridgehead atoms. The third kappa shape index (κ3) is 2.60. The molecule has 1 aromatic rings. The van der Waals surface area contributed by atoms with E-state index in [4.69, 9.17) is 15.2 Å². The van der Waals surface area contributed by atoms with Crippen LogP contribution in [0.5, 0.6) is 5.75 Å². The van der Waals surface area contributed by atoms with Crippen molar-refractivity contribution in [2.75, 3.05) is 38.8 Å². The second-order valence-electron chi connectivity index (χ2n) is 5.33. The first-order valence-corrected chi connectivity index (χ1v) is 6.24. The zero-order valence-electron chi connectivity index (χ0n) is 11.3. The number of nitrogens with two attached hydrogens (primary N) is 1. The first-order valence-electron chi connectivity index (χ1n) is 6.24. The maximum absolute atomic E-state index is 6.12. The first kappa shape index (κ1) is 13.2. The summed E-state index contributed by atoms with van der Waals surface area (Å²) in [5.74, 6) is 0.872. The third-order valence-corrected chi connectivity index (χ3v) is 3.72. The van der Waals surface area contributed by atoms with Gasteiger partial charge >= 0.3 is 0 Å². The van der Waals surface area contributed by atoms with Crippen molar-refractivity contribution in [1.29, 1.82) is 0 Å². The summed E-state index contributed by atoms with van der Waals surface area (Å²) in [6.07, 6.45) is 0. The average molecular weight is 250 g/mol. The van der Waals surface area contributed by atoms with Crippen molar-refractivity contribution in [1.82, 2.24) is 0 Å². The molecule has 0 aromatic heterocycles. The van der Waals surface area contributed by atoms with Crippen molar-refractivity contribution in [2.24, 2.45) is 11.1 Å². The zero-order valence-corrected chi connectivity index (χ0v) is 11.3. The Bertz CT molecular complexity index is 411. The molecule has 1 saturated heterocycles. The van der Waals surface area contributed by atoms with Crippen molar-refractivity contribution < 1.29 is 9.47 Å². The summed E-state index contributed by atoms with van der Waals surface area (Å²) >= 11 is 0. The SMILES string of the molecule is COc1cccc(N(C)CC2(C)COCC2N)c1. The van der Waals surface area contributed by atoms with Crippen molar-refractivity contribution in [3.63, 3.8) is 0 Å². The van der Waals surface area contributed by atoms with Gasteiger partial charge in [-0.2, -0.15) is 0 Å². The molecule has 2 N–H and O–H groups in total. The second-order valence-corrected chi connectivity index (χ2v) is 5.33. The lowest BCUT2D eigenvalue weighted by molar-refractivity contribution is 0.162. The van der Waals surface area contributed by atoms with Crippen LogP contribution in [0.25, 0.3) is 0 Å². The lowest BCUT2D eigenvalue weighted by Gasteiger charge is -2.33. The fraction of sp³-hybridized carbons (Fsp3) is 0.571. The van der Waals surface area contributed by atoms with Crippen LogP contribution in [0.15, 0.2) is 24.3 Å². The van der Waals surface area contributed by atoms with E-state index in [0.29, 0.717) is 6.61 Å². The molecule has 4 nitrogen and oxygen atoms in total. The zero-order chi connectivity index (χ0) is 13.2. The standard InChI is InChI=1S/C14H22N2O2/c1-14(10-18-8-13(14)15)9-16(2)11-5-4-6-12(7-11)17-3/h4-7,13H,8-10,15H2,1-3H3. The molecule has 1 aliphatic heterocycles. The second kappa shape index (κ2) is 5.16. The van der Waals surface area contributed by atoms with Crippen LogP contribution >= 0.6 is 0 Å². The van der Waals surface area contributed by atoms with Gasteiger partial charge in [0.1, 0.15) is 5.75 Å². The van der Waals surface area contributed by atoms with Gasteiger partial charge in [-0.25, -0.2) is 0 Å². The number of hydrogen-bond donors (Lipinski definition) is 1. The number of nitrogens with zero attached hydrogens (tertiary/aromatic N) is 1. The highest BCUT2D eigenvalue weighted by Gasteiger charge is 2.38. The predicted molar refractivity (Wildman–Crippen MR) is 73.2 cm³/mol. The molecule has 18 heavy (non-hydrogen) atoms. The highest BCUT2D eigenvalue weighted by molar-refractivity contribution is 5.50. The fourth-order valence-electron chi connectivity index (χ4n) is 2.37. The Hall–Kier alpha value is -1.26. The number of benzene rings is 1. The van der Waals surface area contributed by atoms with Crippen LogP contribution in [0.1, 0.15) is 6.92 Å². The van der Waals surface area contributed by atoms with Gasteiger partial charge in [-0.15, -0.1) is 0 Å². The van der Waals surface area contributed by atoms with E-state index in [1.807, 2.05) is 18.2 Å². The molecule has 0 saturated carbocycles. The summed E-state index contributed by atoms with van der Waals surface area (Å²) in [4.78, 5) is 2.21. The Morgan fingerprint density at radius 2 is 2.33 bits per heavy atom. The van der Waals surface area contributed by atoms with Gasteiger partial charge in [0.05, 0.1) is 20.3 Å². The average Bonchev–Trinajstić information content (AvgIpc) is 2.69. The summed E-state index contributed by atoms with van der Waals surface area (Å²) < 4.78 is 10.7. The largest absolute Gasteiger partial charge is 0.497 e. The van der Waals surface area contributed by atoms with Crippen LogP contribution < -0.4 is 15.4 Å². The Balaban J connectivity index is 2.09. The van der Waals surface area contributed by atoms with Crippen molar-refractivity contribution >= 4 is 5.69 Å². The van der Waals surface area contributed by atoms with Gasteiger partial charge in [0.25, 0.3) is 0 Å². The topological polar surface area (TPSA) is 47.7 Å². The van der Waals surface area contributed by atoms with E-state index in [1.165, 1.54) is 0 Å². The quantitative estimate of drug-likeness (QED) is 0.879. The summed E-state index contributed by atoms with van der Waals surface area (Å²) in [6.45, 7) is 4.44. The van der Waals surface area contributed by atoms with Crippen LogP contribution in [0.4, 0.5) is 5.69 Å². The summed E-state index contributed by atoms with van der Waals surface area (Å²) in [6, 6.07) is 8.16. The van der Waals surface area contributed by atoms with Crippen LogP contribution in [0, 0.1) is 5.41 Å². The first-order chi connectivity index (χ1) is 8.55. The number of methoxy groups -OCH3 is 1. The van der Waals surface area contributed by atoms with Crippen molar-refractivity contribution in [2.45, 2.75) is 13.0 Å². The molecule has 0 amide bonds. The molecule has 0 aliphatic carbocycles. The number of ether oxygens (including phenoxy) is 2. The van der Waals surface area contributed by atoms with Crippen LogP contribution in [0.3, 0.4) is 0 Å². The van der Waals surface area contributed by atoms with E-state index in [0.717, 1.165) is 24.6 Å². The highest BCUT2D eigenvalue weighted by Crippen LogP contribution is 2.30. The van der Waals surface area contributed by atoms with Gasteiger partial charge < -0.3 is 20.1 Å². The van der Waals surface area contributed by atoms with Gasteiger partial charge in [-0.1, -0.05) is 13.0 Å². The molecular weight excluding hydrogens is 228 g/mol. The number of rotatable bonds is 4. The molecule has 1 aromatic carbocycles. The Morgan fingerprint density at radius 3 is 2.94 bits per heavy atom. The lowest BCUT2D eigenvalue weighted by atomic mass is 9.85. The maximum Gasteiger partial charge on any atom is 0.120 e. The molecular formula is C14H22N2O2. The lowest BCUT2D eigenvalue weighted by Crippen LogP contribution is -2.46. The van der Waals surface area contributed by atoms with E-state index in [2.05, 4.69) is 24.9 Å². The molecule has 2 unspecified atom stereocenters. The fourth-order valence-corrected chi connectivity index (χ4v) is 2.37. The van der Waals surface area contributed by atoms with Crippen LogP contribution in [-0.4, -0.2) is 40.0 Å². The van der Waals surface area contributed by atoms with Gasteiger partial charge in [0, 0.05) is 36.8 Å². The third-order valence-electron chi connectivity index (χ3n) is 3.72. The van der Waals surface area contributed by atoms with Crippen molar-refractivity contribution in [3.8, 4) is 5.75 Å². The molecule has 0 radical (unpaired) electrons. The molecule has 100 valence electrons. The minimum atomic E-state index is 0.0117. The van der Waals surface area contributed by atoms with Crippen LogP contribution in [0.2, 0.25) is 0 Å². The molecule has 2 rings (SSSR count). The predicted octanol–water partition coefficient (Wildman–Crippen LogP) is 1.50. The molecule has 1 heterocycles. The molecule has 4 heteroatoms. The summed E-state index contributed by atoms with van der Waals surface area (Å²) in [5.41, 5.74) is 7.27.